The number of ether oxygens (including phenoxy) is 1. The Morgan fingerprint density at radius 3 is 2.65 bits per heavy atom. The lowest BCUT2D eigenvalue weighted by molar-refractivity contribution is 0.00582. The number of hydroxylamine groups is 2. The molecule has 0 bridgehead atoms. The Morgan fingerprint density at radius 1 is 1.43 bits per heavy atom. The first kappa shape index (κ1) is 17.5. The second-order valence-corrected chi connectivity index (χ2v) is 7.62. The molecule has 0 saturated heterocycles. The molecule has 0 amide bonds. The number of aliphatic imine (C=N–C) groups is 1. The SMILES string of the molecule is CN(O)C(=NC1CC(C)(C)Oc2ccc(F)cc21)NC(C)(C)C. The highest BCUT2D eigenvalue weighted by Gasteiger charge is 2.34. The molecule has 0 fully saturated rings. The molecule has 1 aliphatic rings. The molecule has 0 aliphatic carbocycles. The largest absolute Gasteiger partial charge is 0.487 e. The van der Waals surface area contributed by atoms with E-state index < -0.39 is 5.60 Å². The maximum Gasteiger partial charge on any atom is 0.218 e. The fourth-order valence-corrected chi connectivity index (χ4v) is 2.58. The molecule has 0 aromatic heterocycles. The Hall–Kier alpha value is -1.82. The Bertz CT molecular complexity index is 606. The highest BCUT2D eigenvalue weighted by Crippen LogP contribution is 2.41. The van der Waals surface area contributed by atoms with Crippen molar-refractivity contribution in [2.75, 3.05) is 7.05 Å². The maximum atomic E-state index is 13.6. The number of benzene rings is 1. The van der Waals surface area contributed by atoms with Gasteiger partial charge in [-0.1, -0.05) is 0 Å². The van der Waals surface area contributed by atoms with Crippen molar-refractivity contribution in [1.29, 1.82) is 0 Å². The van der Waals surface area contributed by atoms with Crippen LogP contribution in [-0.4, -0.2) is 34.4 Å². The van der Waals surface area contributed by atoms with Gasteiger partial charge in [0.1, 0.15) is 17.2 Å². The monoisotopic (exact) mass is 323 g/mol. The quantitative estimate of drug-likeness (QED) is 0.472. The third-order valence-electron chi connectivity index (χ3n) is 3.47. The molecular weight excluding hydrogens is 297 g/mol. The van der Waals surface area contributed by atoms with Crippen molar-refractivity contribution in [2.45, 2.75) is 58.2 Å². The lowest BCUT2D eigenvalue weighted by Gasteiger charge is -2.37. The Morgan fingerprint density at radius 2 is 2.09 bits per heavy atom. The molecule has 23 heavy (non-hydrogen) atoms. The highest BCUT2D eigenvalue weighted by molar-refractivity contribution is 5.79. The predicted molar refractivity (Wildman–Crippen MR) is 88.3 cm³/mol. The van der Waals surface area contributed by atoms with Crippen molar-refractivity contribution in [3.05, 3.63) is 29.6 Å². The van der Waals surface area contributed by atoms with E-state index in [4.69, 9.17) is 4.74 Å². The van der Waals surface area contributed by atoms with Crippen LogP contribution in [0.3, 0.4) is 0 Å². The summed E-state index contributed by atoms with van der Waals surface area (Å²) in [6.07, 6.45) is 0.590. The molecule has 6 heteroatoms. The molecule has 2 N–H and O–H groups in total. The van der Waals surface area contributed by atoms with Crippen molar-refractivity contribution in [2.24, 2.45) is 4.99 Å². The standard InChI is InChI=1S/C17H26FN3O2/c1-16(2,3)20-15(21(6)22)19-13-10-17(4,5)23-14-8-7-11(18)9-12(13)14/h7-9,13,22H,10H2,1-6H3,(H,19,20). The van der Waals surface area contributed by atoms with Crippen molar-refractivity contribution < 1.29 is 14.3 Å². The van der Waals surface area contributed by atoms with Crippen LogP contribution in [-0.2, 0) is 0 Å². The maximum absolute atomic E-state index is 13.6. The van der Waals surface area contributed by atoms with Crippen molar-refractivity contribution in [3.63, 3.8) is 0 Å². The van der Waals surface area contributed by atoms with Gasteiger partial charge in [-0.05, 0) is 52.8 Å². The van der Waals surface area contributed by atoms with Crippen LogP contribution in [0, 0.1) is 5.82 Å². The molecule has 1 heterocycles. The first-order chi connectivity index (χ1) is 10.5. The summed E-state index contributed by atoms with van der Waals surface area (Å²) < 4.78 is 19.6. The van der Waals surface area contributed by atoms with Gasteiger partial charge in [-0.3, -0.25) is 5.21 Å². The van der Waals surface area contributed by atoms with Crippen LogP contribution < -0.4 is 10.1 Å². The van der Waals surface area contributed by atoms with Gasteiger partial charge in [0.05, 0.1) is 6.04 Å². The first-order valence-electron chi connectivity index (χ1n) is 7.74. The Labute approximate surface area is 137 Å². The van der Waals surface area contributed by atoms with Crippen LogP contribution in [0.15, 0.2) is 23.2 Å². The van der Waals surface area contributed by atoms with Gasteiger partial charge < -0.3 is 10.1 Å². The molecule has 2 rings (SSSR count). The Kier molecular flexibility index (Phi) is 4.57. The van der Waals surface area contributed by atoms with E-state index in [1.165, 1.54) is 19.2 Å². The van der Waals surface area contributed by atoms with E-state index >= 15 is 0 Å². The van der Waals surface area contributed by atoms with Crippen molar-refractivity contribution >= 4 is 5.96 Å². The van der Waals surface area contributed by atoms with E-state index in [-0.39, 0.29) is 17.4 Å². The second kappa shape index (κ2) is 6.00. The topological polar surface area (TPSA) is 57.1 Å². The van der Waals surface area contributed by atoms with Crippen LogP contribution in [0.4, 0.5) is 4.39 Å². The summed E-state index contributed by atoms with van der Waals surface area (Å²) in [6.45, 7) is 9.89. The zero-order valence-electron chi connectivity index (χ0n) is 14.6. The first-order valence-corrected chi connectivity index (χ1v) is 7.74. The van der Waals surface area contributed by atoms with E-state index in [9.17, 15) is 9.60 Å². The minimum Gasteiger partial charge on any atom is -0.487 e. The lowest BCUT2D eigenvalue weighted by Crippen LogP contribution is -2.47. The van der Waals surface area contributed by atoms with E-state index in [2.05, 4.69) is 10.3 Å². The van der Waals surface area contributed by atoms with Gasteiger partial charge in [0.25, 0.3) is 0 Å². The van der Waals surface area contributed by atoms with E-state index in [1.807, 2.05) is 34.6 Å². The summed E-state index contributed by atoms with van der Waals surface area (Å²) in [4.78, 5) is 4.63. The third-order valence-corrected chi connectivity index (χ3v) is 3.47. The van der Waals surface area contributed by atoms with E-state index in [1.54, 1.807) is 6.07 Å². The number of rotatable bonds is 1. The molecule has 5 nitrogen and oxygen atoms in total. The number of nitrogens with zero attached hydrogens (tertiary/aromatic N) is 2. The fourth-order valence-electron chi connectivity index (χ4n) is 2.58. The predicted octanol–water partition coefficient (Wildman–Crippen LogP) is 3.49. The third kappa shape index (κ3) is 4.58. The zero-order valence-corrected chi connectivity index (χ0v) is 14.6. The number of hydrogen-bond donors (Lipinski definition) is 2. The average molecular weight is 323 g/mol. The molecule has 1 atom stereocenters. The van der Waals surface area contributed by atoms with Gasteiger partial charge in [-0.25, -0.2) is 14.4 Å². The van der Waals surface area contributed by atoms with Gasteiger partial charge in [0, 0.05) is 24.6 Å². The van der Waals surface area contributed by atoms with Gasteiger partial charge in [-0.15, -0.1) is 0 Å². The fraction of sp³-hybridized carbons (Fsp3) is 0.588. The molecule has 1 aromatic carbocycles. The van der Waals surface area contributed by atoms with E-state index in [0.717, 1.165) is 5.06 Å². The summed E-state index contributed by atoms with van der Waals surface area (Å²) in [5.74, 6) is 0.650. The molecule has 0 spiro atoms. The molecule has 1 aromatic rings. The number of nitrogens with one attached hydrogen (secondary N) is 1. The molecular formula is C17H26FN3O2. The summed E-state index contributed by atoms with van der Waals surface area (Å²) in [5, 5.41) is 14.0. The highest BCUT2D eigenvalue weighted by atomic mass is 19.1. The van der Waals surface area contributed by atoms with Crippen LogP contribution in [0.2, 0.25) is 0 Å². The number of halogens is 1. The Balaban J connectivity index is 2.44. The van der Waals surface area contributed by atoms with Crippen LogP contribution in [0.5, 0.6) is 5.75 Å². The summed E-state index contributed by atoms with van der Waals surface area (Å²) in [5.41, 5.74) is 0.0145. The average Bonchev–Trinajstić information content (AvgIpc) is 2.36. The van der Waals surface area contributed by atoms with Crippen LogP contribution in [0.25, 0.3) is 0 Å². The number of fused-ring (bicyclic) bond motifs is 1. The lowest BCUT2D eigenvalue weighted by atomic mass is 9.90. The van der Waals surface area contributed by atoms with Crippen molar-refractivity contribution in [1.82, 2.24) is 10.4 Å². The molecule has 1 aliphatic heterocycles. The number of hydrogen-bond acceptors (Lipinski definition) is 3. The van der Waals surface area contributed by atoms with Crippen molar-refractivity contribution in [3.8, 4) is 5.75 Å². The van der Waals surface area contributed by atoms with Gasteiger partial charge >= 0.3 is 0 Å². The number of guanidine groups is 1. The smallest absolute Gasteiger partial charge is 0.218 e. The van der Waals surface area contributed by atoms with E-state index in [0.29, 0.717) is 23.7 Å². The van der Waals surface area contributed by atoms with Gasteiger partial charge in [-0.2, -0.15) is 0 Å². The van der Waals surface area contributed by atoms with Gasteiger partial charge in [0.2, 0.25) is 5.96 Å². The molecule has 0 saturated carbocycles. The van der Waals surface area contributed by atoms with Crippen LogP contribution >= 0.6 is 0 Å². The minimum atomic E-state index is -0.417. The zero-order chi connectivity index (χ0) is 17.4. The second-order valence-electron chi connectivity index (χ2n) is 7.62. The normalized spacial score (nSPS) is 20.5. The van der Waals surface area contributed by atoms with Crippen LogP contribution in [0.1, 0.15) is 52.6 Å². The molecule has 128 valence electrons. The summed E-state index contributed by atoms with van der Waals surface area (Å²) in [7, 11) is 1.51. The summed E-state index contributed by atoms with van der Waals surface area (Å²) in [6, 6.07) is 4.16. The minimum absolute atomic E-state index is 0.263. The van der Waals surface area contributed by atoms with Gasteiger partial charge in [0.15, 0.2) is 0 Å². The molecule has 0 radical (unpaired) electrons. The molecule has 1 unspecified atom stereocenters. The summed E-state index contributed by atoms with van der Waals surface area (Å²) >= 11 is 0.